The largest absolute Gasteiger partial charge is 0.493 e. The molecule has 1 aromatic heterocycles. The second kappa shape index (κ2) is 6.26. The van der Waals surface area contributed by atoms with Crippen LogP contribution >= 0.6 is 0 Å². The van der Waals surface area contributed by atoms with E-state index in [0.29, 0.717) is 19.2 Å². The van der Waals surface area contributed by atoms with Gasteiger partial charge < -0.3 is 10.1 Å². The molecule has 21 heavy (non-hydrogen) atoms. The van der Waals surface area contributed by atoms with Crippen molar-refractivity contribution < 1.29 is 9.13 Å². The quantitative estimate of drug-likeness (QED) is 0.851. The van der Waals surface area contributed by atoms with Crippen LogP contribution in [-0.4, -0.2) is 22.4 Å². The fourth-order valence-electron chi connectivity index (χ4n) is 2.28. The van der Waals surface area contributed by atoms with Crippen LogP contribution in [0.2, 0.25) is 0 Å². The van der Waals surface area contributed by atoms with E-state index < -0.39 is 0 Å². The standard InChI is InChI=1S/C16H20FN3O/c1-20-15(6-8-19-20)7-9-21-16-5-2-13(17)10-12(16)11-18-14-3-4-14/h2,5-6,8,10,14,18H,3-4,7,9,11H2,1H3. The second-order valence-electron chi connectivity index (χ2n) is 5.45. The highest BCUT2D eigenvalue weighted by Gasteiger charge is 2.20. The van der Waals surface area contributed by atoms with Crippen LogP contribution in [0.15, 0.2) is 30.5 Å². The number of nitrogens with one attached hydrogen (secondary N) is 1. The highest BCUT2D eigenvalue weighted by molar-refractivity contribution is 5.34. The first-order chi connectivity index (χ1) is 10.2. The monoisotopic (exact) mass is 289 g/mol. The molecule has 1 heterocycles. The molecule has 0 radical (unpaired) electrons. The van der Waals surface area contributed by atoms with Crippen molar-refractivity contribution >= 4 is 0 Å². The van der Waals surface area contributed by atoms with Gasteiger partial charge in [0.1, 0.15) is 11.6 Å². The first kappa shape index (κ1) is 14.1. The van der Waals surface area contributed by atoms with E-state index in [-0.39, 0.29) is 5.82 Å². The number of rotatable bonds is 7. The number of nitrogens with zero attached hydrogens (tertiary/aromatic N) is 2. The van der Waals surface area contributed by atoms with Gasteiger partial charge in [0.25, 0.3) is 0 Å². The van der Waals surface area contributed by atoms with Crippen LogP contribution in [-0.2, 0) is 20.0 Å². The molecule has 1 saturated carbocycles. The normalized spacial score (nSPS) is 14.4. The molecule has 2 aromatic rings. The summed E-state index contributed by atoms with van der Waals surface area (Å²) in [5.41, 5.74) is 2.00. The van der Waals surface area contributed by atoms with E-state index in [1.165, 1.54) is 18.9 Å². The molecule has 0 atom stereocenters. The molecule has 112 valence electrons. The van der Waals surface area contributed by atoms with Crippen LogP contribution in [0.4, 0.5) is 4.39 Å². The van der Waals surface area contributed by atoms with Crippen LogP contribution < -0.4 is 10.1 Å². The molecular weight excluding hydrogens is 269 g/mol. The Morgan fingerprint density at radius 3 is 2.95 bits per heavy atom. The summed E-state index contributed by atoms with van der Waals surface area (Å²) in [7, 11) is 1.91. The van der Waals surface area contributed by atoms with E-state index >= 15 is 0 Å². The molecule has 5 heteroatoms. The van der Waals surface area contributed by atoms with E-state index in [2.05, 4.69) is 10.4 Å². The molecule has 0 amide bonds. The summed E-state index contributed by atoms with van der Waals surface area (Å²) < 4.78 is 21.1. The molecule has 4 nitrogen and oxygen atoms in total. The van der Waals surface area contributed by atoms with Gasteiger partial charge in [-0.25, -0.2) is 4.39 Å². The lowest BCUT2D eigenvalue weighted by molar-refractivity contribution is 0.313. The van der Waals surface area contributed by atoms with Crippen molar-refractivity contribution in [3.63, 3.8) is 0 Å². The third kappa shape index (κ3) is 3.82. The SMILES string of the molecule is Cn1nccc1CCOc1ccc(F)cc1CNC1CC1. The zero-order valence-electron chi connectivity index (χ0n) is 12.2. The third-order valence-electron chi connectivity index (χ3n) is 3.72. The van der Waals surface area contributed by atoms with E-state index in [4.69, 9.17) is 4.74 Å². The minimum Gasteiger partial charge on any atom is -0.493 e. The van der Waals surface area contributed by atoms with E-state index in [1.54, 1.807) is 18.3 Å². The lowest BCUT2D eigenvalue weighted by Gasteiger charge is -2.12. The van der Waals surface area contributed by atoms with E-state index in [9.17, 15) is 4.39 Å². The van der Waals surface area contributed by atoms with Gasteiger partial charge in [-0.3, -0.25) is 4.68 Å². The third-order valence-corrected chi connectivity index (χ3v) is 3.72. The summed E-state index contributed by atoms with van der Waals surface area (Å²) in [5, 5.41) is 7.52. The molecule has 0 unspecified atom stereocenters. The Morgan fingerprint density at radius 1 is 1.38 bits per heavy atom. The first-order valence-electron chi connectivity index (χ1n) is 7.34. The first-order valence-corrected chi connectivity index (χ1v) is 7.34. The molecule has 1 N–H and O–H groups in total. The number of benzene rings is 1. The van der Waals surface area contributed by atoms with Crippen molar-refractivity contribution in [3.8, 4) is 5.75 Å². The second-order valence-corrected chi connectivity index (χ2v) is 5.45. The van der Waals surface area contributed by atoms with Crippen molar-refractivity contribution in [2.75, 3.05) is 6.61 Å². The van der Waals surface area contributed by atoms with Gasteiger partial charge in [-0.2, -0.15) is 5.10 Å². The van der Waals surface area contributed by atoms with Gasteiger partial charge in [0.05, 0.1) is 6.61 Å². The van der Waals surface area contributed by atoms with Gasteiger partial charge in [-0.05, 0) is 37.1 Å². The number of halogens is 1. The summed E-state index contributed by atoms with van der Waals surface area (Å²) in [4.78, 5) is 0. The molecule has 3 rings (SSSR count). The predicted molar refractivity (Wildman–Crippen MR) is 78.7 cm³/mol. The van der Waals surface area contributed by atoms with Gasteiger partial charge in [0.2, 0.25) is 0 Å². The minimum absolute atomic E-state index is 0.221. The molecule has 1 aromatic carbocycles. The average molecular weight is 289 g/mol. The maximum atomic E-state index is 13.4. The molecule has 1 aliphatic rings. The van der Waals surface area contributed by atoms with Crippen LogP contribution in [0.25, 0.3) is 0 Å². The smallest absolute Gasteiger partial charge is 0.124 e. The number of aryl methyl sites for hydroxylation is 1. The van der Waals surface area contributed by atoms with Crippen LogP contribution in [0.5, 0.6) is 5.75 Å². The Bertz CT molecular complexity index is 607. The molecule has 0 bridgehead atoms. The molecule has 0 aliphatic heterocycles. The van der Waals surface area contributed by atoms with Gasteiger partial charge >= 0.3 is 0 Å². The topological polar surface area (TPSA) is 39.1 Å². The Labute approximate surface area is 123 Å². The number of ether oxygens (including phenoxy) is 1. The number of aromatic nitrogens is 2. The number of hydrogen-bond acceptors (Lipinski definition) is 3. The number of hydrogen-bond donors (Lipinski definition) is 1. The van der Waals surface area contributed by atoms with Gasteiger partial charge in [0.15, 0.2) is 0 Å². The molecule has 0 spiro atoms. The Hall–Kier alpha value is -1.88. The van der Waals surface area contributed by atoms with Crippen molar-refractivity contribution in [2.45, 2.75) is 31.8 Å². The maximum Gasteiger partial charge on any atom is 0.124 e. The van der Waals surface area contributed by atoms with E-state index in [0.717, 1.165) is 23.4 Å². The summed E-state index contributed by atoms with van der Waals surface area (Å²) in [6.45, 7) is 1.21. The average Bonchev–Trinajstić information content (AvgIpc) is 3.21. The maximum absolute atomic E-state index is 13.4. The zero-order valence-corrected chi connectivity index (χ0v) is 12.2. The Kier molecular flexibility index (Phi) is 4.20. The molecule has 1 fully saturated rings. The Morgan fingerprint density at radius 2 is 2.24 bits per heavy atom. The predicted octanol–water partition coefficient (Wildman–Crippen LogP) is 2.43. The van der Waals surface area contributed by atoms with Crippen molar-refractivity contribution in [2.24, 2.45) is 7.05 Å². The summed E-state index contributed by atoms with van der Waals surface area (Å²) in [6, 6.07) is 7.27. The lowest BCUT2D eigenvalue weighted by atomic mass is 10.2. The fourth-order valence-corrected chi connectivity index (χ4v) is 2.28. The summed E-state index contributed by atoms with van der Waals surface area (Å²) >= 11 is 0. The fraction of sp³-hybridized carbons (Fsp3) is 0.438. The van der Waals surface area contributed by atoms with Gasteiger partial charge in [-0.15, -0.1) is 0 Å². The summed E-state index contributed by atoms with van der Waals surface area (Å²) in [5.74, 6) is 0.535. The lowest BCUT2D eigenvalue weighted by Crippen LogP contribution is -2.16. The zero-order chi connectivity index (χ0) is 14.7. The molecule has 0 saturated heterocycles. The van der Waals surface area contributed by atoms with Crippen molar-refractivity contribution in [1.29, 1.82) is 0 Å². The van der Waals surface area contributed by atoms with Gasteiger partial charge in [0, 0.05) is 43.5 Å². The van der Waals surface area contributed by atoms with Gasteiger partial charge in [-0.1, -0.05) is 0 Å². The molecular formula is C16H20FN3O. The highest BCUT2D eigenvalue weighted by atomic mass is 19.1. The van der Waals surface area contributed by atoms with E-state index in [1.807, 2.05) is 17.8 Å². The van der Waals surface area contributed by atoms with Crippen LogP contribution in [0, 0.1) is 5.82 Å². The highest BCUT2D eigenvalue weighted by Crippen LogP contribution is 2.23. The van der Waals surface area contributed by atoms with Crippen molar-refractivity contribution in [3.05, 3.63) is 47.5 Å². The minimum atomic E-state index is -0.221. The summed E-state index contributed by atoms with van der Waals surface area (Å²) in [6.07, 6.45) is 4.99. The van der Waals surface area contributed by atoms with Crippen molar-refractivity contribution in [1.82, 2.24) is 15.1 Å². The van der Waals surface area contributed by atoms with Crippen LogP contribution in [0.1, 0.15) is 24.1 Å². The van der Waals surface area contributed by atoms with Crippen LogP contribution in [0.3, 0.4) is 0 Å². The molecule has 1 aliphatic carbocycles. The Balaban J connectivity index is 1.59.